The number of aromatic nitrogens is 4. The minimum atomic E-state index is -1.08. The van der Waals surface area contributed by atoms with Gasteiger partial charge < -0.3 is 28.5 Å². The van der Waals surface area contributed by atoms with Gasteiger partial charge in [-0.1, -0.05) is 0 Å². The molecule has 1 N–H and O–H groups in total. The van der Waals surface area contributed by atoms with Crippen LogP contribution in [0.15, 0.2) is 58.6 Å². The molecule has 11 heteroatoms. The summed E-state index contributed by atoms with van der Waals surface area (Å²) < 4.78 is 19.7. The zero-order valence-electron chi connectivity index (χ0n) is 23.8. The highest BCUT2D eigenvalue weighted by Crippen LogP contribution is 2.34. The minimum absolute atomic E-state index is 0.0970. The van der Waals surface area contributed by atoms with Crippen LogP contribution in [-0.2, 0) is 16.1 Å². The number of carboxylic acids is 1. The summed E-state index contributed by atoms with van der Waals surface area (Å²) in [6.45, 7) is 8.40. The molecule has 41 heavy (non-hydrogen) atoms. The first kappa shape index (κ1) is 29.5. The number of hydrogen-bond donors (Lipinski definition) is 1. The third-order valence-corrected chi connectivity index (χ3v) is 7.45. The summed E-state index contributed by atoms with van der Waals surface area (Å²) in [7, 11) is 3.15. The molecule has 4 aromatic rings. The Morgan fingerprint density at radius 3 is 2.20 bits per heavy atom. The molecule has 0 atom stereocenters. The van der Waals surface area contributed by atoms with Crippen molar-refractivity contribution in [2.24, 2.45) is 0 Å². The summed E-state index contributed by atoms with van der Waals surface area (Å²) in [5.74, 6) is 0.336. The highest BCUT2D eigenvalue weighted by molar-refractivity contribution is 8.04. The topological polar surface area (TPSA) is 118 Å². The van der Waals surface area contributed by atoms with E-state index >= 15 is 0 Å². The number of carbonyl (C=O) groups is 2. The van der Waals surface area contributed by atoms with Gasteiger partial charge in [0.05, 0.1) is 26.4 Å². The van der Waals surface area contributed by atoms with E-state index in [9.17, 15) is 14.7 Å². The van der Waals surface area contributed by atoms with Gasteiger partial charge in [0.1, 0.15) is 16.4 Å². The molecule has 4 rings (SSSR count). The average molecular weight is 577 g/mol. The number of aliphatic carboxylic acids is 1. The number of aryl methyl sites for hydroxylation is 1. The van der Waals surface area contributed by atoms with Crippen LogP contribution in [0.4, 0.5) is 0 Å². The van der Waals surface area contributed by atoms with Crippen molar-refractivity contribution in [1.82, 2.24) is 19.3 Å². The number of nitrogens with zero attached hydrogens (tertiary/aromatic N) is 4. The summed E-state index contributed by atoms with van der Waals surface area (Å²) in [6, 6.07) is 14.5. The van der Waals surface area contributed by atoms with Gasteiger partial charge in [-0.05, 0) is 93.6 Å². The van der Waals surface area contributed by atoms with Gasteiger partial charge in [0.2, 0.25) is 0 Å². The van der Waals surface area contributed by atoms with E-state index < -0.39 is 5.97 Å². The van der Waals surface area contributed by atoms with Crippen molar-refractivity contribution in [3.8, 4) is 28.6 Å². The molecule has 214 valence electrons. The number of rotatable bonds is 11. The molecule has 0 aliphatic heterocycles. The second kappa shape index (κ2) is 12.8. The predicted octanol–water partition coefficient (Wildman–Crippen LogP) is 5.78. The fraction of sp³-hybridized carbons (Fsp3) is 0.267. The molecule has 0 aliphatic rings. The SMILES string of the molecule is CCOC(=O)c1ccc(-n2c(C)cc(/C=C(\Sc3nnc(-c4cc(OC)cc(OC)c4)n3CC)C(=O)O)c2C)cc1. The van der Waals surface area contributed by atoms with Gasteiger partial charge in [0.15, 0.2) is 11.0 Å². The maximum Gasteiger partial charge on any atom is 0.342 e. The van der Waals surface area contributed by atoms with Crippen LogP contribution in [0, 0.1) is 13.8 Å². The smallest absolute Gasteiger partial charge is 0.342 e. The van der Waals surface area contributed by atoms with Crippen LogP contribution < -0.4 is 9.47 Å². The Balaban J connectivity index is 1.67. The Labute approximate surface area is 242 Å². The minimum Gasteiger partial charge on any atom is -0.497 e. The van der Waals surface area contributed by atoms with E-state index in [1.54, 1.807) is 45.4 Å². The summed E-state index contributed by atoms with van der Waals surface area (Å²) in [6.07, 6.45) is 1.64. The fourth-order valence-corrected chi connectivity index (χ4v) is 5.34. The van der Waals surface area contributed by atoms with E-state index in [0.29, 0.717) is 41.2 Å². The summed E-state index contributed by atoms with van der Waals surface area (Å²) in [5.41, 5.74) is 4.57. The maximum atomic E-state index is 12.3. The number of hydrogen-bond acceptors (Lipinski definition) is 8. The molecule has 0 amide bonds. The molecule has 0 radical (unpaired) electrons. The van der Waals surface area contributed by atoms with Crippen LogP contribution in [0.5, 0.6) is 11.5 Å². The number of thioether (sulfide) groups is 1. The van der Waals surface area contributed by atoms with Crippen molar-refractivity contribution in [2.75, 3.05) is 20.8 Å². The summed E-state index contributed by atoms with van der Waals surface area (Å²) in [5, 5.41) is 19.2. The lowest BCUT2D eigenvalue weighted by Crippen LogP contribution is -2.05. The average Bonchev–Trinajstić information content (AvgIpc) is 3.51. The van der Waals surface area contributed by atoms with E-state index in [1.165, 1.54) is 0 Å². The van der Waals surface area contributed by atoms with Crippen LogP contribution in [0.1, 0.15) is 41.2 Å². The lowest BCUT2D eigenvalue weighted by molar-refractivity contribution is -0.131. The molecule has 0 saturated heterocycles. The molecule has 0 fully saturated rings. The Morgan fingerprint density at radius 1 is 0.976 bits per heavy atom. The van der Waals surface area contributed by atoms with Crippen molar-refractivity contribution >= 4 is 29.8 Å². The van der Waals surface area contributed by atoms with Gasteiger partial charge >= 0.3 is 11.9 Å². The van der Waals surface area contributed by atoms with E-state index in [-0.39, 0.29) is 10.9 Å². The molecule has 0 bridgehead atoms. The highest BCUT2D eigenvalue weighted by Gasteiger charge is 2.20. The van der Waals surface area contributed by atoms with Crippen molar-refractivity contribution < 1.29 is 28.9 Å². The summed E-state index contributed by atoms with van der Waals surface area (Å²) in [4.78, 5) is 24.5. The van der Waals surface area contributed by atoms with Crippen LogP contribution in [0.3, 0.4) is 0 Å². The van der Waals surface area contributed by atoms with E-state index in [0.717, 1.165) is 40.0 Å². The zero-order chi connectivity index (χ0) is 29.7. The maximum absolute atomic E-state index is 12.3. The van der Waals surface area contributed by atoms with E-state index in [1.807, 2.05) is 60.2 Å². The normalized spacial score (nSPS) is 11.4. The number of ether oxygens (including phenoxy) is 3. The molecular formula is C30H32N4O6S. The van der Waals surface area contributed by atoms with Gasteiger partial charge in [-0.15, -0.1) is 10.2 Å². The Hall–Kier alpha value is -4.51. The van der Waals surface area contributed by atoms with Crippen molar-refractivity contribution in [3.63, 3.8) is 0 Å². The lowest BCUT2D eigenvalue weighted by atomic mass is 10.2. The molecule has 0 unspecified atom stereocenters. The van der Waals surface area contributed by atoms with Gasteiger partial charge in [-0.2, -0.15) is 0 Å². The molecule has 10 nitrogen and oxygen atoms in total. The van der Waals surface area contributed by atoms with E-state index in [4.69, 9.17) is 14.2 Å². The highest BCUT2D eigenvalue weighted by atomic mass is 32.2. The predicted molar refractivity (Wildman–Crippen MR) is 157 cm³/mol. The molecular weight excluding hydrogens is 544 g/mol. The van der Waals surface area contributed by atoms with E-state index in [2.05, 4.69) is 10.2 Å². The summed E-state index contributed by atoms with van der Waals surface area (Å²) >= 11 is 1.04. The molecule has 0 saturated carbocycles. The first-order valence-corrected chi connectivity index (χ1v) is 13.8. The van der Waals surface area contributed by atoms with Gasteiger partial charge in [-0.25, -0.2) is 9.59 Å². The third kappa shape index (κ3) is 6.30. The monoisotopic (exact) mass is 576 g/mol. The second-order valence-electron chi connectivity index (χ2n) is 9.00. The Bertz CT molecular complexity index is 1580. The fourth-order valence-electron chi connectivity index (χ4n) is 4.47. The number of esters is 1. The zero-order valence-corrected chi connectivity index (χ0v) is 24.6. The number of methoxy groups -OCH3 is 2. The van der Waals surface area contributed by atoms with Crippen LogP contribution in [0.25, 0.3) is 23.2 Å². The quantitative estimate of drug-likeness (QED) is 0.135. The van der Waals surface area contributed by atoms with Crippen molar-refractivity contribution in [3.05, 3.63) is 76.0 Å². The Morgan fingerprint density at radius 2 is 1.63 bits per heavy atom. The number of carbonyl (C=O) groups excluding carboxylic acids is 1. The number of benzene rings is 2. The second-order valence-corrected chi connectivity index (χ2v) is 10.0. The van der Waals surface area contributed by atoms with Crippen molar-refractivity contribution in [2.45, 2.75) is 39.4 Å². The first-order chi connectivity index (χ1) is 19.7. The van der Waals surface area contributed by atoms with Crippen LogP contribution >= 0.6 is 11.8 Å². The molecule has 0 spiro atoms. The molecule has 2 aromatic carbocycles. The van der Waals surface area contributed by atoms with Crippen LogP contribution in [0.2, 0.25) is 0 Å². The first-order valence-electron chi connectivity index (χ1n) is 13.0. The van der Waals surface area contributed by atoms with Crippen LogP contribution in [-0.4, -0.2) is 57.2 Å². The van der Waals surface area contributed by atoms with Crippen molar-refractivity contribution in [1.29, 1.82) is 0 Å². The third-order valence-electron chi connectivity index (χ3n) is 6.45. The van der Waals surface area contributed by atoms with Gasteiger partial charge in [-0.3, -0.25) is 0 Å². The molecule has 0 aliphatic carbocycles. The Kier molecular flexibility index (Phi) is 9.18. The number of carboxylic acid groups (broad SMARTS) is 1. The standard InChI is InChI=1S/C30H32N4O6S/c1-7-33-27(22-14-24(38-5)17-25(15-22)39-6)31-32-30(33)41-26(28(35)36)16-21-13-18(3)34(19(21)4)23-11-9-20(10-12-23)29(37)40-8-2/h9-17H,7-8H2,1-6H3,(H,35,36)/b26-16-. The molecule has 2 aromatic heterocycles. The van der Waals surface area contributed by atoms with Gasteiger partial charge in [0.25, 0.3) is 0 Å². The molecule has 2 heterocycles. The largest absolute Gasteiger partial charge is 0.497 e. The lowest BCUT2D eigenvalue weighted by Gasteiger charge is -2.11. The van der Waals surface area contributed by atoms with Gasteiger partial charge in [0, 0.05) is 35.2 Å².